The van der Waals surface area contributed by atoms with Crippen LogP contribution in [0.1, 0.15) is 258 Å². The highest BCUT2D eigenvalue weighted by Crippen LogP contribution is 2.16. The Balaban J connectivity index is 4.19. The Morgan fingerprint density at radius 3 is 0.941 bits per heavy atom. The fraction of sp³-hybridized carbons (Fsp3) is 0.645. The molecular weight excluding hydrogens is 1050 g/mol. The third-order valence-corrected chi connectivity index (χ3v) is 14.1. The zero-order valence-electron chi connectivity index (χ0n) is 55.0. The summed E-state index contributed by atoms with van der Waals surface area (Å²) in [7, 11) is 5.97. The van der Waals surface area contributed by atoms with Crippen molar-refractivity contribution in [2.45, 2.75) is 270 Å². The highest BCUT2D eigenvalue weighted by molar-refractivity contribution is 5.71. The Morgan fingerprint density at radius 2 is 0.635 bits per heavy atom. The van der Waals surface area contributed by atoms with Gasteiger partial charge in [0.2, 0.25) is 0 Å². The predicted octanol–water partition coefficient (Wildman–Crippen LogP) is 21.1. The average Bonchev–Trinajstić information content (AvgIpc) is 3.49. The lowest BCUT2D eigenvalue weighted by Crippen LogP contribution is -2.40. The van der Waals surface area contributed by atoms with E-state index in [0.717, 1.165) is 122 Å². The van der Waals surface area contributed by atoms with Crippen LogP contribution in [0.4, 0.5) is 0 Å². The SMILES string of the molecule is CC/C=C\C/C=C\C/C=C\C/C=C\C/C=C\C/C=C\C/C=C\CCCCCCCCCCCCCC(=O)OC(COC(=O)CCCCCCCCCCCCC/C=C\C/C=C\C/C=C\C/C=C\C/C=C\CC)COC(OCC[N+](C)(C)C)C(=O)O. The molecule has 2 unspecified atom stereocenters. The zero-order chi connectivity index (χ0) is 61.9. The summed E-state index contributed by atoms with van der Waals surface area (Å²) in [6.07, 6.45) is 92.3. The summed E-state index contributed by atoms with van der Waals surface area (Å²) in [5, 5.41) is 9.75. The second kappa shape index (κ2) is 65.2. The Kier molecular flexibility index (Phi) is 61.4. The quantitative estimate of drug-likeness (QED) is 0.0211. The van der Waals surface area contributed by atoms with Crippen LogP contribution < -0.4 is 0 Å². The maximum Gasteiger partial charge on any atom is 0.361 e. The van der Waals surface area contributed by atoms with Gasteiger partial charge in [-0.25, -0.2) is 4.79 Å². The van der Waals surface area contributed by atoms with Gasteiger partial charge in [-0.3, -0.25) is 9.59 Å². The minimum Gasteiger partial charge on any atom is -0.477 e. The van der Waals surface area contributed by atoms with Crippen LogP contribution in [0.15, 0.2) is 146 Å². The molecule has 0 heterocycles. The van der Waals surface area contributed by atoms with Crippen LogP contribution in [0.25, 0.3) is 0 Å². The molecule has 0 amide bonds. The number of rotatable bonds is 61. The maximum absolute atomic E-state index is 12.9. The number of aliphatic carboxylic acids is 1. The number of ether oxygens (including phenoxy) is 4. The number of unbranched alkanes of at least 4 members (excludes halogenated alkanes) is 22. The van der Waals surface area contributed by atoms with Crippen molar-refractivity contribution >= 4 is 17.9 Å². The molecule has 0 radical (unpaired) electrons. The first-order chi connectivity index (χ1) is 41.6. The molecule has 9 heteroatoms. The van der Waals surface area contributed by atoms with E-state index in [1.54, 1.807) is 0 Å². The molecule has 0 aliphatic carbocycles. The molecule has 9 nitrogen and oxygen atoms in total. The smallest absolute Gasteiger partial charge is 0.361 e. The molecule has 0 rings (SSSR count). The van der Waals surface area contributed by atoms with Gasteiger partial charge < -0.3 is 28.5 Å². The number of esters is 2. The normalized spacial score (nSPS) is 13.7. The van der Waals surface area contributed by atoms with Crippen LogP contribution in [0.3, 0.4) is 0 Å². The van der Waals surface area contributed by atoms with Crippen LogP contribution in [-0.4, -0.2) is 87.4 Å². The van der Waals surface area contributed by atoms with E-state index >= 15 is 0 Å². The van der Waals surface area contributed by atoms with Crippen LogP contribution in [0.5, 0.6) is 0 Å². The Labute approximate surface area is 522 Å². The van der Waals surface area contributed by atoms with E-state index in [1.807, 2.05) is 21.1 Å². The first kappa shape index (κ1) is 80.2. The lowest BCUT2D eigenvalue weighted by molar-refractivity contribution is -0.870. The van der Waals surface area contributed by atoms with Crippen molar-refractivity contribution in [3.8, 4) is 0 Å². The van der Waals surface area contributed by atoms with Gasteiger partial charge in [-0.2, -0.15) is 0 Å². The molecule has 2 atom stereocenters. The first-order valence-electron chi connectivity index (χ1n) is 34.0. The van der Waals surface area contributed by atoms with E-state index in [0.29, 0.717) is 17.4 Å². The van der Waals surface area contributed by atoms with Crippen molar-refractivity contribution in [2.24, 2.45) is 0 Å². The van der Waals surface area contributed by atoms with Crippen molar-refractivity contribution < 1.29 is 42.9 Å². The molecule has 0 saturated heterocycles. The van der Waals surface area contributed by atoms with Gasteiger partial charge in [0.25, 0.3) is 6.29 Å². The molecule has 0 aromatic rings. The predicted molar refractivity (Wildman–Crippen MR) is 364 cm³/mol. The summed E-state index contributed by atoms with van der Waals surface area (Å²) < 4.78 is 23.0. The van der Waals surface area contributed by atoms with E-state index in [9.17, 15) is 19.5 Å². The molecule has 0 aromatic heterocycles. The molecule has 0 aliphatic heterocycles. The Hall–Kier alpha value is -4.83. The molecule has 85 heavy (non-hydrogen) atoms. The van der Waals surface area contributed by atoms with Gasteiger partial charge in [-0.1, -0.05) is 275 Å². The number of hydrogen-bond donors (Lipinski definition) is 1. The standard InChI is InChI=1S/C76H125NO8/c1-6-8-10-12-14-16-18-20-22-24-26-28-30-32-34-35-36-37-38-39-41-43-45-47-49-51-53-55-57-59-61-63-65-67-74(79)85-72(71-84-76(75(80)81)82-69-68-77(3,4)5)70-83-73(78)66-64-62-60-58-56-54-52-50-48-46-44-42-40-33-31-29-27-25-23-21-19-17-15-13-11-9-7-2/h8-11,14-17,20-23,26-29,32-34,36-37,39-41,72,76H,6-7,12-13,18-19,24-25,30-31,35,38,42-71H2,1-5H3/p+1/b10-8-,11-9-,16-14-,17-15-,22-20-,23-21-,28-26-,29-27-,34-32-,37-36-,40-33-,41-39-. The molecule has 0 spiro atoms. The van der Waals surface area contributed by atoms with E-state index in [1.165, 1.54) is 103 Å². The van der Waals surface area contributed by atoms with Crippen molar-refractivity contribution in [3.05, 3.63) is 146 Å². The Morgan fingerprint density at radius 1 is 0.353 bits per heavy atom. The summed E-state index contributed by atoms with van der Waals surface area (Å²) in [5.74, 6) is -2.02. The highest BCUT2D eigenvalue weighted by atomic mass is 16.7. The molecule has 482 valence electrons. The number of carboxylic acids is 1. The molecule has 0 aliphatic rings. The van der Waals surface area contributed by atoms with E-state index in [4.69, 9.17) is 18.9 Å². The molecule has 0 aromatic carbocycles. The van der Waals surface area contributed by atoms with Crippen LogP contribution in [-0.2, 0) is 33.3 Å². The number of likely N-dealkylation sites (N-methyl/N-ethyl adjacent to an activating group) is 1. The van der Waals surface area contributed by atoms with Crippen molar-refractivity contribution in [1.29, 1.82) is 0 Å². The number of nitrogens with zero attached hydrogens (tertiary/aromatic N) is 1. The molecule has 0 fully saturated rings. The summed E-state index contributed by atoms with van der Waals surface area (Å²) in [4.78, 5) is 37.6. The summed E-state index contributed by atoms with van der Waals surface area (Å²) in [6, 6.07) is 0. The monoisotopic (exact) mass is 1180 g/mol. The third kappa shape index (κ3) is 66.5. The summed E-state index contributed by atoms with van der Waals surface area (Å²) in [5.41, 5.74) is 0. The number of carbonyl (C=O) groups is 3. The van der Waals surface area contributed by atoms with Crippen molar-refractivity contribution in [1.82, 2.24) is 0 Å². The summed E-state index contributed by atoms with van der Waals surface area (Å²) >= 11 is 0. The van der Waals surface area contributed by atoms with Gasteiger partial charge in [0, 0.05) is 12.8 Å². The van der Waals surface area contributed by atoms with Gasteiger partial charge >= 0.3 is 17.9 Å². The number of hydrogen-bond acceptors (Lipinski definition) is 7. The second-order valence-corrected chi connectivity index (χ2v) is 23.4. The molecule has 0 bridgehead atoms. The van der Waals surface area contributed by atoms with Gasteiger partial charge in [0.15, 0.2) is 6.10 Å². The van der Waals surface area contributed by atoms with Crippen LogP contribution >= 0.6 is 0 Å². The zero-order valence-corrected chi connectivity index (χ0v) is 55.0. The van der Waals surface area contributed by atoms with Gasteiger partial charge in [-0.05, 0) is 116 Å². The average molecular weight is 1180 g/mol. The fourth-order valence-electron chi connectivity index (χ4n) is 8.96. The van der Waals surface area contributed by atoms with E-state index in [-0.39, 0.29) is 38.6 Å². The Bertz CT molecular complexity index is 1900. The highest BCUT2D eigenvalue weighted by Gasteiger charge is 2.25. The lowest BCUT2D eigenvalue weighted by atomic mass is 10.0. The topological polar surface area (TPSA) is 108 Å². The number of carbonyl (C=O) groups excluding carboxylic acids is 2. The lowest BCUT2D eigenvalue weighted by Gasteiger charge is -2.25. The summed E-state index contributed by atoms with van der Waals surface area (Å²) in [6.45, 7) is 4.64. The van der Waals surface area contributed by atoms with E-state index < -0.39 is 24.3 Å². The van der Waals surface area contributed by atoms with E-state index in [2.05, 4.69) is 160 Å². The number of carboxylic acid groups (broad SMARTS) is 1. The minimum atomic E-state index is -1.52. The molecule has 0 saturated carbocycles. The molecular formula is C76H126NO8+. The van der Waals surface area contributed by atoms with Gasteiger partial charge in [0.1, 0.15) is 13.2 Å². The fourth-order valence-corrected chi connectivity index (χ4v) is 8.96. The van der Waals surface area contributed by atoms with Crippen molar-refractivity contribution in [2.75, 3.05) is 47.5 Å². The first-order valence-corrected chi connectivity index (χ1v) is 34.0. The second-order valence-electron chi connectivity index (χ2n) is 23.4. The van der Waals surface area contributed by atoms with Crippen molar-refractivity contribution in [3.63, 3.8) is 0 Å². The largest absolute Gasteiger partial charge is 0.477 e. The minimum absolute atomic E-state index is 0.180. The van der Waals surface area contributed by atoms with Crippen LogP contribution in [0.2, 0.25) is 0 Å². The number of quaternary nitrogens is 1. The maximum atomic E-state index is 12.9. The molecule has 1 N–H and O–H groups in total. The third-order valence-electron chi connectivity index (χ3n) is 14.1. The number of allylic oxidation sites excluding steroid dienone is 24. The van der Waals surface area contributed by atoms with Crippen LogP contribution in [0, 0.1) is 0 Å². The van der Waals surface area contributed by atoms with Gasteiger partial charge in [0.05, 0.1) is 34.4 Å². The van der Waals surface area contributed by atoms with Gasteiger partial charge in [-0.15, -0.1) is 0 Å².